The van der Waals surface area contributed by atoms with Gasteiger partial charge in [-0.05, 0) is 41.0 Å². The minimum atomic E-state index is -0.447. The molecule has 23 heavy (non-hydrogen) atoms. The van der Waals surface area contributed by atoms with E-state index in [0.717, 1.165) is 27.3 Å². The molecule has 0 atom stereocenters. The third-order valence-electron chi connectivity index (χ3n) is 4.19. The number of rotatable bonds is 1. The maximum Gasteiger partial charge on any atom is 0.344 e. The van der Waals surface area contributed by atoms with Crippen LogP contribution in [-0.2, 0) is 0 Å². The van der Waals surface area contributed by atoms with Gasteiger partial charge in [-0.25, -0.2) is 9.18 Å². The van der Waals surface area contributed by atoms with Crippen molar-refractivity contribution < 1.29 is 8.81 Å². The van der Waals surface area contributed by atoms with Crippen LogP contribution in [0, 0.1) is 12.7 Å². The van der Waals surface area contributed by atoms with Gasteiger partial charge in [-0.1, -0.05) is 42.5 Å². The van der Waals surface area contributed by atoms with Gasteiger partial charge in [0.05, 0.1) is 5.56 Å². The molecule has 0 aliphatic rings. The zero-order valence-corrected chi connectivity index (χ0v) is 12.5. The molecule has 0 fully saturated rings. The number of benzene rings is 3. The average Bonchev–Trinajstić information content (AvgIpc) is 2.54. The predicted molar refractivity (Wildman–Crippen MR) is 90.1 cm³/mol. The Morgan fingerprint density at radius 1 is 0.913 bits per heavy atom. The molecule has 0 saturated heterocycles. The SMILES string of the molecule is Cc1c(-c2cccc3ccccc23)c(=O)oc2cc(F)ccc12. The van der Waals surface area contributed by atoms with Gasteiger partial charge in [0.25, 0.3) is 0 Å². The first-order valence-electron chi connectivity index (χ1n) is 7.36. The summed E-state index contributed by atoms with van der Waals surface area (Å²) < 4.78 is 18.7. The predicted octanol–water partition coefficient (Wildman–Crippen LogP) is 5.06. The molecule has 1 heterocycles. The van der Waals surface area contributed by atoms with Crippen molar-refractivity contribution >= 4 is 21.7 Å². The molecule has 0 radical (unpaired) electrons. The van der Waals surface area contributed by atoms with E-state index in [-0.39, 0.29) is 5.58 Å². The van der Waals surface area contributed by atoms with E-state index in [1.54, 1.807) is 6.07 Å². The van der Waals surface area contributed by atoms with Crippen LogP contribution in [0.1, 0.15) is 5.56 Å². The Balaban J connectivity index is 2.13. The van der Waals surface area contributed by atoms with Gasteiger partial charge in [0.2, 0.25) is 0 Å². The van der Waals surface area contributed by atoms with E-state index in [2.05, 4.69) is 0 Å². The third-order valence-corrected chi connectivity index (χ3v) is 4.19. The van der Waals surface area contributed by atoms with E-state index in [9.17, 15) is 9.18 Å². The standard InChI is InChI=1S/C20H13FO2/c1-12-15-10-9-14(21)11-18(15)23-20(22)19(12)17-8-4-6-13-5-2-3-7-16(13)17/h2-11H,1H3. The van der Waals surface area contributed by atoms with Crippen LogP contribution in [0.3, 0.4) is 0 Å². The second-order valence-corrected chi connectivity index (χ2v) is 5.56. The van der Waals surface area contributed by atoms with Crippen molar-refractivity contribution in [1.29, 1.82) is 0 Å². The van der Waals surface area contributed by atoms with Crippen molar-refractivity contribution in [1.82, 2.24) is 0 Å². The summed E-state index contributed by atoms with van der Waals surface area (Å²) in [6, 6.07) is 18.0. The fourth-order valence-corrected chi connectivity index (χ4v) is 3.08. The normalized spacial score (nSPS) is 11.2. The number of fused-ring (bicyclic) bond motifs is 2. The van der Waals surface area contributed by atoms with Crippen LogP contribution in [0.25, 0.3) is 32.9 Å². The van der Waals surface area contributed by atoms with E-state index in [0.29, 0.717) is 5.56 Å². The van der Waals surface area contributed by atoms with Gasteiger partial charge in [0.1, 0.15) is 11.4 Å². The minimum absolute atomic E-state index is 0.275. The minimum Gasteiger partial charge on any atom is -0.422 e. The lowest BCUT2D eigenvalue weighted by atomic mass is 9.95. The fraction of sp³-hybridized carbons (Fsp3) is 0.0500. The largest absolute Gasteiger partial charge is 0.422 e. The molecule has 112 valence electrons. The maximum absolute atomic E-state index is 13.4. The summed E-state index contributed by atoms with van der Waals surface area (Å²) in [5.41, 5.74) is 1.99. The average molecular weight is 304 g/mol. The quantitative estimate of drug-likeness (QED) is 0.460. The van der Waals surface area contributed by atoms with Crippen LogP contribution >= 0.6 is 0 Å². The van der Waals surface area contributed by atoms with Gasteiger partial charge in [0.15, 0.2) is 0 Å². The third kappa shape index (κ3) is 2.13. The highest BCUT2D eigenvalue weighted by Gasteiger charge is 2.15. The van der Waals surface area contributed by atoms with Crippen molar-refractivity contribution in [2.75, 3.05) is 0 Å². The van der Waals surface area contributed by atoms with Crippen molar-refractivity contribution in [2.45, 2.75) is 6.92 Å². The summed E-state index contributed by atoms with van der Waals surface area (Å²) in [7, 11) is 0. The fourth-order valence-electron chi connectivity index (χ4n) is 3.08. The highest BCUT2D eigenvalue weighted by atomic mass is 19.1. The summed E-state index contributed by atoms with van der Waals surface area (Å²) in [5, 5.41) is 2.80. The van der Waals surface area contributed by atoms with Gasteiger partial charge in [-0.3, -0.25) is 0 Å². The summed E-state index contributed by atoms with van der Waals surface area (Å²) >= 11 is 0. The highest BCUT2D eigenvalue weighted by molar-refractivity contribution is 5.99. The van der Waals surface area contributed by atoms with Crippen LogP contribution in [0.15, 0.2) is 69.9 Å². The Bertz CT molecular complexity index is 1100. The summed E-state index contributed by atoms with van der Waals surface area (Å²) in [5.74, 6) is -0.419. The molecular weight excluding hydrogens is 291 g/mol. The molecule has 1 aromatic heterocycles. The molecule has 0 aliphatic carbocycles. The topological polar surface area (TPSA) is 30.2 Å². The first kappa shape index (κ1) is 13.7. The lowest BCUT2D eigenvalue weighted by molar-refractivity contribution is 0.555. The van der Waals surface area contributed by atoms with E-state index in [4.69, 9.17) is 4.42 Å². The lowest BCUT2D eigenvalue weighted by Gasteiger charge is -2.10. The molecule has 0 aliphatic heterocycles. The van der Waals surface area contributed by atoms with E-state index in [1.807, 2.05) is 49.4 Å². The zero-order chi connectivity index (χ0) is 16.0. The van der Waals surface area contributed by atoms with E-state index in [1.165, 1.54) is 12.1 Å². The summed E-state index contributed by atoms with van der Waals surface area (Å²) in [6.45, 7) is 1.87. The molecule has 0 amide bonds. The smallest absolute Gasteiger partial charge is 0.344 e. The van der Waals surface area contributed by atoms with Gasteiger partial charge < -0.3 is 4.42 Å². The van der Waals surface area contributed by atoms with Gasteiger partial charge >= 0.3 is 5.63 Å². The van der Waals surface area contributed by atoms with Gasteiger partial charge in [-0.2, -0.15) is 0 Å². The Hall–Kier alpha value is -2.94. The van der Waals surface area contributed by atoms with Crippen molar-refractivity contribution in [3.8, 4) is 11.1 Å². The van der Waals surface area contributed by atoms with Crippen LogP contribution in [0.5, 0.6) is 0 Å². The monoisotopic (exact) mass is 304 g/mol. The first-order chi connectivity index (χ1) is 11.1. The Morgan fingerprint density at radius 2 is 1.70 bits per heavy atom. The zero-order valence-electron chi connectivity index (χ0n) is 12.5. The van der Waals surface area contributed by atoms with Crippen LogP contribution < -0.4 is 5.63 Å². The molecule has 2 nitrogen and oxygen atoms in total. The molecule has 0 spiro atoms. The molecule has 0 unspecified atom stereocenters. The second-order valence-electron chi connectivity index (χ2n) is 5.56. The molecule has 3 aromatic carbocycles. The van der Waals surface area contributed by atoms with Crippen molar-refractivity contribution in [3.63, 3.8) is 0 Å². The van der Waals surface area contributed by atoms with Crippen LogP contribution in [0.4, 0.5) is 4.39 Å². The van der Waals surface area contributed by atoms with Gasteiger partial charge in [-0.15, -0.1) is 0 Å². The molecule has 0 bridgehead atoms. The van der Waals surface area contributed by atoms with Gasteiger partial charge in [0, 0.05) is 11.5 Å². The van der Waals surface area contributed by atoms with Crippen LogP contribution in [-0.4, -0.2) is 0 Å². The molecular formula is C20H13FO2. The molecule has 4 aromatic rings. The summed E-state index contributed by atoms with van der Waals surface area (Å²) in [4.78, 5) is 12.5. The Kier molecular flexibility index (Phi) is 3.01. The molecule has 0 N–H and O–H groups in total. The van der Waals surface area contributed by atoms with Crippen molar-refractivity contribution in [3.05, 3.63) is 82.5 Å². The lowest BCUT2D eigenvalue weighted by Crippen LogP contribution is -2.06. The molecule has 3 heteroatoms. The second kappa shape index (κ2) is 5.06. The maximum atomic E-state index is 13.4. The highest BCUT2D eigenvalue weighted by Crippen LogP contribution is 2.31. The molecule has 4 rings (SSSR count). The first-order valence-corrected chi connectivity index (χ1v) is 7.36. The summed E-state index contributed by atoms with van der Waals surface area (Å²) in [6.07, 6.45) is 0. The Labute approximate surface area is 131 Å². The number of aryl methyl sites for hydroxylation is 1. The van der Waals surface area contributed by atoms with Crippen molar-refractivity contribution in [2.24, 2.45) is 0 Å². The number of hydrogen-bond acceptors (Lipinski definition) is 2. The number of hydrogen-bond donors (Lipinski definition) is 0. The van der Waals surface area contributed by atoms with E-state index >= 15 is 0 Å². The van der Waals surface area contributed by atoms with Crippen LogP contribution in [0.2, 0.25) is 0 Å². The molecule has 0 saturated carbocycles. The Morgan fingerprint density at radius 3 is 2.57 bits per heavy atom. The number of halogens is 1. The van der Waals surface area contributed by atoms with E-state index < -0.39 is 11.4 Å².